The van der Waals surface area contributed by atoms with E-state index in [1.807, 2.05) is 30.3 Å². The first-order valence-electron chi connectivity index (χ1n) is 15.8. The molecule has 4 aromatic carbocycles. The van der Waals surface area contributed by atoms with E-state index < -0.39 is 0 Å². The van der Waals surface area contributed by atoms with E-state index in [0.717, 1.165) is 54.8 Å². The van der Waals surface area contributed by atoms with Crippen LogP contribution in [-0.4, -0.2) is 63.1 Å². The molecule has 2 atom stereocenters. The van der Waals surface area contributed by atoms with Crippen LogP contribution in [0.4, 0.5) is 0 Å². The summed E-state index contributed by atoms with van der Waals surface area (Å²) in [6, 6.07) is 18.5. The maximum atomic E-state index is 11.7. The van der Waals surface area contributed by atoms with Gasteiger partial charge in [0.15, 0.2) is 34.5 Å². The Labute approximate surface area is 268 Å². The smallest absolute Gasteiger partial charge is 0.231 e. The van der Waals surface area contributed by atoms with Crippen molar-refractivity contribution in [2.24, 2.45) is 0 Å². The minimum atomic E-state index is -0.121. The second-order valence-electron chi connectivity index (χ2n) is 12.6. The number of benzene rings is 4. The van der Waals surface area contributed by atoms with Gasteiger partial charge in [-0.3, -0.25) is 9.80 Å². The van der Waals surface area contributed by atoms with Crippen LogP contribution in [0.2, 0.25) is 0 Å². The lowest BCUT2D eigenvalue weighted by Gasteiger charge is -2.37. The van der Waals surface area contributed by atoms with E-state index >= 15 is 0 Å². The third kappa shape index (κ3) is 4.85. The van der Waals surface area contributed by atoms with Crippen molar-refractivity contribution < 1.29 is 33.5 Å². The van der Waals surface area contributed by atoms with Crippen LogP contribution in [0.1, 0.15) is 45.5 Å². The summed E-state index contributed by atoms with van der Waals surface area (Å²) in [4.78, 5) is 4.70. The minimum Gasteiger partial charge on any atom is -0.502 e. The van der Waals surface area contributed by atoms with Gasteiger partial charge in [0.05, 0.1) is 14.2 Å². The molecule has 1 N–H and O–H groups in total. The number of ether oxygens (including phenoxy) is 6. The normalized spacial score (nSPS) is 20.2. The maximum absolute atomic E-state index is 11.7. The fourth-order valence-corrected chi connectivity index (χ4v) is 7.39. The van der Waals surface area contributed by atoms with E-state index in [9.17, 15) is 5.11 Å². The van der Waals surface area contributed by atoms with E-state index in [2.05, 4.69) is 48.2 Å². The van der Waals surface area contributed by atoms with Crippen molar-refractivity contribution >= 4 is 0 Å². The zero-order valence-electron chi connectivity index (χ0n) is 26.6. The van der Waals surface area contributed by atoms with E-state index in [0.29, 0.717) is 46.7 Å². The van der Waals surface area contributed by atoms with Crippen molar-refractivity contribution in [1.82, 2.24) is 9.80 Å². The number of nitrogens with zero attached hydrogens (tertiary/aromatic N) is 2. The van der Waals surface area contributed by atoms with Gasteiger partial charge >= 0.3 is 0 Å². The van der Waals surface area contributed by atoms with Crippen LogP contribution < -0.4 is 28.4 Å². The van der Waals surface area contributed by atoms with Gasteiger partial charge in [0.1, 0.15) is 5.75 Å². The summed E-state index contributed by atoms with van der Waals surface area (Å²) in [6.45, 7) is 1.91. The van der Waals surface area contributed by atoms with Crippen molar-refractivity contribution in [2.75, 3.05) is 48.2 Å². The lowest BCUT2D eigenvalue weighted by atomic mass is 9.87. The highest BCUT2D eigenvalue weighted by atomic mass is 16.7. The fourth-order valence-electron chi connectivity index (χ4n) is 7.39. The van der Waals surface area contributed by atoms with Crippen molar-refractivity contribution in [2.45, 2.75) is 37.8 Å². The summed E-state index contributed by atoms with van der Waals surface area (Å²) in [6.07, 6.45) is 3.12. The number of fused-ring (bicyclic) bond motifs is 3. The molecule has 0 radical (unpaired) electrons. The number of aromatic hydroxyl groups is 1. The van der Waals surface area contributed by atoms with E-state index in [-0.39, 0.29) is 24.6 Å². The summed E-state index contributed by atoms with van der Waals surface area (Å²) in [5, 5.41) is 11.7. The molecule has 2 unspecified atom stereocenters. The van der Waals surface area contributed by atoms with Gasteiger partial charge in [0, 0.05) is 30.7 Å². The number of likely N-dealkylation sites (N-methyl/N-ethyl adjacent to an activating group) is 2. The number of hydrogen-bond acceptors (Lipinski definition) is 9. The third-order valence-electron chi connectivity index (χ3n) is 9.93. The Morgan fingerprint density at radius 3 is 2.17 bits per heavy atom. The Kier molecular flexibility index (Phi) is 7.10. The van der Waals surface area contributed by atoms with Gasteiger partial charge in [-0.05, 0) is 110 Å². The highest BCUT2D eigenvalue weighted by molar-refractivity contribution is 5.63. The number of phenolic OH excluding ortho intramolecular Hbond substituents is 1. The molecule has 0 fully saturated rings. The quantitative estimate of drug-likeness (QED) is 0.267. The van der Waals surface area contributed by atoms with Crippen LogP contribution in [0, 0.1) is 0 Å². The predicted octanol–water partition coefficient (Wildman–Crippen LogP) is 6.58. The zero-order chi connectivity index (χ0) is 31.5. The van der Waals surface area contributed by atoms with Crippen LogP contribution in [0.3, 0.4) is 0 Å². The average Bonchev–Trinajstić information content (AvgIpc) is 3.54. The molecule has 46 heavy (non-hydrogen) atoms. The molecule has 0 aliphatic carbocycles. The van der Waals surface area contributed by atoms with Gasteiger partial charge in [0.2, 0.25) is 18.3 Å². The second kappa shape index (κ2) is 11.3. The van der Waals surface area contributed by atoms with Gasteiger partial charge in [-0.15, -0.1) is 0 Å². The Bertz CT molecular complexity index is 1820. The largest absolute Gasteiger partial charge is 0.502 e. The second-order valence-corrected chi connectivity index (χ2v) is 12.6. The first-order valence-corrected chi connectivity index (χ1v) is 15.8. The van der Waals surface area contributed by atoms with E-state index in [1.165, 1.54) is 16.7 Å². The Hall–Kier alpha value is -4.60. The lowest BCUT2D eigenvalue weighted by molar-refractivity contribution is 0.171. The molecule has 5 aliphatic heterocycles. The molecule has 9 nitrogen and oxygen atoms in total. The summed E-state index contributed by atoms with van der Waals surface area (Å²) < 4.78 is 36.6. The topological polar surface area (TPSA) is 82.1 Å². The fraction of sp³-hybridized carbons (Fsp3) is 0.351. The summed E-state index contributed by atoms with van der Waals surface area (Å²) in [7, 11) is 7.51. The van der Waals surface area contributed by atoms with Crippen molar-refractivity contribution in [1.29, 1.82) is 0 Å². The van der Waals surface area contributed by atoms with Gasteiger partial charge in [-0.2, -0.15) is 0 Å². The molecule has 0 saturated carbocycles. The van der Waals surface area contributed by atoms with Gasteiger partial charge in [0.25, 0.3) is 0 Å². The number of phenols is 1. The molecule has 9 rings (SSSR count). The molecule has 238 valence electrons. The standard InChI is InChI=1S/C37H38N2O7/c1-38-11-9-23-17-29(41-3)30-19-26(23)27(38)13-21-5-7-25(8-6-21)45-33-16-22(15-32-36(33)44-20-43-32)14-28-34-24(10-12-39(28)2)18-31(42-4)35(40)37(34)46-30/h5-8,15-19,27-28,40H,9-14,20H2,1-4H3. The maximum Gasteiger partial charge on any atom is 0.231 e. The van der Waals surface area contributed by atoms with Crippen molar-refractivity contribution in [3.8, 4) is 51.7 Å². The molecule has 6 bridgehead atoms. The molecular formula is C37H38N2O7. The average molecular weight is 623 g/mol. The first kappa shape index (κ1) is 28.8. The van der Waals surface area contributed by atoms with Crippen LogP contribution in [0.5, 0.6) is 51.7 Å². The van der Waals surface area contributed by atoms with E-state index in [1.54, 1.807) is 14.2 Å². The Morgan fingerprint density at radius 2 is 1.39 bits per heavy atom. The number of rotatable bonds is 2. The summed E-state index contributed by atoms with van der Waals surface area (Å²) >= 11 is 0. The molecule has 9 heteroatoms. The zero-order valence-corrected chi connectivity index (χ0v) is 26.6. The minimum absolute atomic E-state index is 0.0290. The molecular weight excluding hydrogens is 584 g/mol. The lowest BCUT2D eigenvalue weighted by Crippen LogP contribution is -2.34. The van der Waals surface area contributed by atoms with Gasteiger partial charge in [-0.25, -0.2) is 0 Å². The highest BCUT2D eigenvalue weighted by Gasteiger charge is 2.35. The SMILES string of the molecule is COc1cc2c3cc1Oc1c(O)c(OC)cc4c1C(Cc1cc5c(c(c1)Oc1ccc(cc1)CC3N(C)CC2)OCO5)N(C)CC4. The molecule has 5 heterocycles. The molecule has 4 aromatic rings. The van der Waals surface area contributed by atoms with Gasteiger partial charge < -0.3 is 33.5 Å². The van der Waals surface area contributed by atoms with Crippen LogP contribution in [0.15, 0.2) is 54.6 Å². The van der Waals surface area contributed by atoms with Crippen molar-refractivity contribution in [3.63, 3.8) is 0 Å². The number of hydrogen-bond donors (Lipinski definition) is 1. The molecule has 5 aliphatic rings. The molecule has 0 aromatic heterocycles. The summed E-state index contributed by atoms with van der Waals surface area (Å²) in [5.41, 5.74) is 6.65. The predicted molar refractivity (Wildman–Crippen MR) is 172 cm³/mol. The molecule has 0 spiro atoms. The third-order valence-corrected chi connectivity index (χ3v) is 9.93. The van der Waals surface area contributed by atoms with Crippen LogP contribution >= 0.6 is 0 Å². The number of methoxy groups -OCH3 is 2. The van der Waals surface area contributed by atoms with Crippen molar-refractivity contribution in [3.05, 3.63) is 88.0 Å². The molecule has 0 saturated heterocycles. The Balaban J connectivity index is 1.35. The van der Waals surface area contributed by atoms with Gasteiger partial charge in [-0.1, -0.05) is 12.1 Å². The monoisotopic (exact) mass is 622 g/mol. The summed E-state index contributed by atoms with van der Waals surface area (Å²) in [5.74, 6) is 4.55. The van der Waals surface area contributed by atoms with E-state index in [4.69, 9.17) is 28.4 Å². The molecule has 0 amide bonds. The van der Waals surface area contributed by atoms with Crippen LogP contribution in [-0.2, 0) is 25.7 Å². The first-order chi connectivity index (χ1) is 22.4. The Morgan fingerprint density at radius 1 is 0.696 bits per heavy atom. The highest BCUT2D eigenvalue weighted by Crippen LogP contribution is 2.52. The van der Waals surface area contributed by atoms with Crippen LogP contribution in [0.25, 0.3) is 0 Å².